The van der Waals surface area contributed by atoms with Gasteiger partial charge in [0.25, 0.3) is 0 Å². The number of cyclic esters (lactones) is 1. The van der Waals surface area contributed by atoms with Gasteiger partial charge in [-0.05, 0) is 90.5 Å². The smallest absolute Gasteiger partial charge is 0.342 e. The van der Waals surface area contributed by atoms with Crippen molar-refractivity contribution in [2.24, 2.45) is 11.8 Å². The van der Waals surface area contributed by atoms with Crippen LogP contribution in [0.25, 0.3) is 0 Å². The SMILES string of the molecule is CCc1c(Cl)c(O)c(Cl)c(O)c1C(=O)O[C@H]1[C@H](O)[C@H](OC)[C@H](OC/C2=C\C=C\C[C@H](O)/C(C)=C/[C@H](CC)[C@@H](O[C@@H]3OC(C)(C)[C@@H](OC(=O)C(C)C)[C@H](O)[C@@H]3O)/C(C)=C/C(C)=C/C[C@@H](C(C)O)OC2=O)O[C@@H]1C. The maximum Gasteiger partial charge on any atom is 0.342 e. The molecule has 0 radical (unpaired) electrons. The maximum absolute atomic E-state index is 13.9. The molecule has 7 N–H and O–H groups in total. The summed E-state index contributed by atoms with van der Waals surface area (Å²) in [5.41, 5.74) is 0.318. The van der Waals surface area contributed by atoms with E-state index in [-0.39, 0.29) is 35.4 Å². The summed E-state index contributed by atoms with van der Waals surface area (Å²) in [5, 5.41) is 76.5. The van der Waals surface area contributed by atoms with Crippen molar-refractivity contribution in [3.8, 4) is 11.5 Å². The Morgan fingerprint density at radius 1 is 0.903 bits per heavy atom. The fraction of sp³-hybridized carbons (Fsp3) is 0.635. The van der Waals surface area contributed by atoms with Crippen LogP contribution < -0.4 is 0 Å². The van der Waals surface area contributed by atoms with E-state index in [2.05, 4.69) is 0 Å². The van der Waals surface area contributed by atoms with Gasteiger partial charge in [0.2, 0.25) is 0 Å². The Bertz CT molecular complexity index is 2220. The predicted octanol–water partition coefficient (Wildman–Crippen LogP) is 6.23. The van der Waals surface area contributed by atoms with E-state index in [4.69, 9.17) is 61.1 Å². The van der Waals surface area contributed by atoms with Gasteiger partial charge >= 0.3 is 17.9 Å². The number of benzene rings is 1. The summed E-state index contributed by atoms with van der Waals surface area (Å²) in [4.78, 5) is 40.0. The molecular formula is C52H74Cl2O18. The van der Waals surface area contributed by atoms with Crippen LogP contribution in [0.1, 0.15) is 111 Å². The minimum Gasteiger partial charge on any atom is -0.505 e. The normalized spacial score (nSPS) is 34.8. The Morgan fingerprint density at radius 3 is 2.17 bits per heavy atom. The fourth-order valence-corrected chi connectivity index (χ4v) is 9.16. The highest BCUT2D eigenvalue weighted by Gasteiger charge is 2.53. The number of allylic oxidation sites excluding steroid dienone is 4. The molecule has 0 aliphatic carbocycles. The van der Waals surface area contributed by atoms with E-state index in [1.54, 1.807) is 53.7 Å². The van der Waals surface area contributed by atoms with Crippen LogP contribution in [-0.4, -0.2) is 153 Å². The first-order valence-corrected chi connectivity index (χ1v) is 24.9. The van der Waals surface area contributed by atoms with E-state index >= 15 is 0 Å². The molecule has 1 aromatic rings. The summed E-state index contributed by atoms with van der Waals surface area (Å²) >= 11 is 12.3. The van der Waals surface area contributed by atoms with Gasteiger partial charge in [-0.25, -0.2) is 9.59 Å². The van der Waals surface area contributed by atoms with Gasteiger partial charge in [0.1, 0.15) is 46.7 Å². The minimum atomic E-state index is -1.61. The topological polar surface area (TPSA) is 267 Å². The lowest BCUT2D eigenvalue weighted by Gasteiger charge is -2.47. The summed E-state index contributed by atoms with van der Waals surface area (Å²) in [6.45, 7) is 18.1. The van der Waals surface area contributed by atoms with E-state index in [1.165, 1.54) is 33.1 Å². The molecule has 72 heavy (non-hydrogen) atoms. The quantitative estimate of drug-likeness (QED) is 0.0655. The Morgan fingerprint density at radius 2 is 1.57 bits per heavy atom. The molecule has 3 aliphatic rings. The van der Waals surface area contributed by atoms with Crippen LogP contribution in [0.5, 0.6) is 11.5 Å². The van der Waals surface area contributed by atoms with Crippen LogP contribution >= 0.6 is 23.2 Å². The molecule has 2 saturated heterocycles. The van der Waals surface area contributed by atoms with E-state index in [0.29, 0.717) is 23.1 Å². The number of aliphatic hydroxyl groups is 5. The number of esters is 3. The lowest BCUT2D eigenvalue weighted by atomic mass is 9.88. The van der Waals surface area contributed by atoms with Gasteiger partial charge in [-0.15, -0.1) is 0 Å². The van der Waals surface area contributed by atoms with Gasteiger partial charge in [-0.2, -0.15) is 0 Å². The average molecular weight is 1060 g/mol. The van der Waals surface area contributed by atoms with E-state index < -0.39 is 144 Å². The summed E-state index contributed by atoms with van der Waals surface area (Å²) in [6.07, 6.45) is -5.45. The molecule has 404 valence electrons. The van der Waals surface area contributed by atoms with Gasteiger partial charge in [-0.1, -0.05) is 86.9 Å². The molecule has 4 rings (SSSR count). The number of hydrogen-bond acceptors (Lipinski definition) is 18. The van der Waals surface area contributed by atoms with E-state index in [0.717, 1.165) is 0 Å². The average Bonchev–Trinajstić information content (AvgIpc) is 3.32. The number of aliphatic hydroxyl groups excluding tert-OH is 5. The highest BCUT2D eigenvalue weighted by atomic mass is 35.5. The Labute approximate surface area is 431 Å². The zero-order valence-electron chi connectivity index (χ0n) is 43.0. The maximum atomic E-state index is 13.9. The number of phenols is 2. The molecule has 0 aromatic heterocycles. The number of carbonyl (C=O) groups is 3. The second-order valence-electron chi connectivity index (χ2n) is 19.4. The number of ether oxygens (including phenoxy) is 8. The molecule has 1 aromatic carbocycles. The van der Waals surface area contributed by atoms with Crippen molar-refractivity contribution < 1.29 is 88.0 Å². The fourth-order valence-electron chi connectivity index (χ4n) is 8.60. The molecule has 20 heteroatoms. The molecular weight excluding hydrogens is 983 g/mol. The number of halogens is 2. The van der Waals surface area contributed by atoms with Crippen LogP contribution in [0.3, 0.4) is 0 Å². The van der Waals surface area contributed by atoms with Gasteiger partial charge in [0.05, 0.1) is 47.5 Å². The third kappa shape index (κ3) is 14.7. The van der Waals surface area contributed by atoms with E-state index in [1.807, 2.05) is 32.9 Å². The Hall–Kier alpha value is -3.89. The van der Waals surface area contributed by atoms with Crippen LogP contribution in [-0.2, 0) is 53.9 Å². The number of methoxy groups -OCH3 is 1. The summed E-state index contributed by atoms with van der Waals surface area (Å²) in [6, 6.07) is 0. The monoisotopic (exact) mass is 1060 g/mol. The summed E-state index contributed by atoms with van der Waals surface area (Å²) < 4.78 is 47.5. The van der Waals surface area contributed by atoms with Gasteiger partial charge in [0, 0.05) is 19.4 Å². The molecule has 0 saturated carbocycles. The number of aromatic hydroxyl groups is 2. The van der Waals surface area contributed by atoms with Crippen LogP contribution in [0.2, 0.25) is 10.0 Å². The highest BCUT2D eigenvalue weighted by molar-refractivity contribution is 6.39. The van der Waals surface area contributed by atoms with Crippen molar-refractivity contribution in [2.45, 2.75) is 187 Å². The first-order chi connectivity index (χ1) is 33.7. The Balaban J connectivity index is 1.61. The second-order valence-corrected chi connectivity index (χ2v) is 20.1. The summed E-state index contributed by atoms with van der Waals surface area (Å²) in [7, 11) is 1.26. The van der Waals surface area contributed by atoms with Crippen LogP contribution in [0, 0.1) is 11.8 Å². The standard InChI is InChI=1S/C52H74Cl2O18/c1-13-30-22-26(6)33(56)18-16-15-17-31(23-66-51-45(65-12)42(61)44(29(9)67-51)69-49(64)35-32(14-2)36(53)39(58)37(54)38(35)57)48(63)68-34(28(8)55)20-19-25(5)21-27(7)43(30)70-50-41(60)40(59)46(52(10,11)72-50)71-47(62)24(3)4/h15-17,19,21-22,24,28-30,33-34,40-46,50-51,55-61H,13-14,18,20,23H2,1-12H3/b16-15+,25-19+,26-22+,27-21+,31-17+/t28?,29-,30+,33+,34+,40-,41+,42+,43+,44-,45+,46+,50-,51-/m1/s1. The number of rotatable bonds is 13. The lowest BCUT2D eigenvalue weighted by Crippen LogP contribution is -2.64. The van der Waals surface area contributed by atoms with Crippen LogP contribution in [0.15, 0.2) is 58.7 Å². The highest BCUT2D eigenvalue weighted by Crippen LogP contribution is 2.45. The number of carbonyl (C=O) groups excluding carboxylic acids is 3. The molecule has 0 spiro atoms. The molecule has 0 amide bonds. The minimum absolute atomic E-state index is 0.0372. The first kappa shape index (κ1) is 60.7. The van der Waals surface area contributed by atoms with Crippen LogP contribution in [0.4, 0.5) is 0 Å². The van der Waals surface area contributed by atoms with Crippen molar-refractivity contribution in [1.29, 1.82) is 0 Å². The van der Waals surface area contributed by atoms with Gasteiger partial charge < -0.3 is 73.6 Å². The molecule has 0 bridgehead atoms. The molecule has 1 unspecified atom stereocenters. The zero-order chi connectivity index (χ0) is 54.1. The van der Waals surface area contributed by atoms with Gasteiger partial charge in [-0.3, -0.25) is 4.79 Å². The molecule has 3 aliphatic heterocycles. The van der Waals surface area contributed by atoms with E-state index in [9.17, 15) is 50.1 Å². The van der Waals surface area contributed by atoms with Crippen molar-refractivity contribution in [3.63, 3.8) is 0 Å². The third-order valence-electron chi connectivity index (χ3n) is 13.0. The van der Waals surface area contributed by atoms with Crippen molar-refractivity contribution in [1.82, 2.24) is 0 Å². The summed E-state index contributed by atoms with van der Waals surface area (Å²) in [5.74, 6) is -4.78. The number of hydrogen-bond donors (Lipinski definition) is 7. The van der Waals surface area contributed by atoms with Crippen molar-refractivity contribution in [3.05, 3.63) is 79.9 Å². The third-order valence-corrected chi connectivity index (χ3v) is 13.8. The number of phenolic OH excluding ortho intramolecular Hbond substituents is 2. The largest absolute Gasteiger partial charge is 0.505 e. The first-order valence-electron chi connectivity index (χ1n) is 24.2. The van der Waals surface area contributed by atoms with Crippen molar-refractivity contribution in [2.75, 3.05) is 13.7 Å². The second kappa shape index (κ2) is 26.5. The lowest BCUT2D eigenvalue weighted by molar-refractivity contribution is -0.333. The predicted molar refractivity (Wildman–Crippen MR) is 265 cm³/mol. The molecule has 18 nitrogen and oxygen atoms in total. The molecule has 2 fully saturated rings. The molecule has 3 heterocycles. The van der Waals surface area contributed by atoms with Crippen molar-refractivity contribution >= 4 is 41.1 Å². The Kier molecular flexibility index (Phi) is 22.4. The van der Waals surface area contributed by atoms with Gasteiger partial charge in [0.15, 0.2) is 36.3 Å². The molecule has 14 atom stereocenters. The zero-order valence-corrected chi connectivity index (χ0v) is 44.5.